The number of rotatable bonds is 4. The van der Waals surface area contributed by atoms with Crippen molar-refractivity contribution in [3.05, 3.63) is 0 Å². The monoisotopic (exact) mass is 312 g/mol. The molecule has 0 amide bonds. The van der Waals surface area contributed by atoms with Crippen LogP contribution >= 0.6 is 7.37 Å². The van der Waals surface area contributed by atoms with Gasteiger partial charge < -0.3 is 4.52 Å². The van der Waals surface area contributed by atoms with Crippen LogP contribution < -0.4 is 0 Å². The standard InChI is InChI=1S/C14H24F3O2P/c15-14(16,17)11-19-20(18,12-7-3-1-4-8-12)13-9-5-2-6-10-13/h12-13H,1-11H2. The van der Waals surface area contributed by atoms with Gasteiger partial charge in [-0.25, -0.2) is 0 Å². The molecule has 2 rings (SSSR count). The van der Waals surface area contributed by atoms with Gasteiger partial charge in [0, 0.05) is 11.3 Å². The van der Waals surface area contributed by atoms with Crippen molar-refractivity contribution in [3.8, 4) is 0 Å². The van der Waals surface area contributed by atoms with E-state index in [1.54, 1.807) is 0 Å². The van der Waals surface area contributed by atoms with Crippen LogP contribution in [0.2, 0.25) is 0 Å². The first kappa shape index (κ1) is 16.4. The lowest BCUT2D eigenvalue weighted by Gasteiger charge is -2.37. The Kier molecular flexibility index (Phi) is 5.58. The van der Waals surface area contributed by atoms with Gasteiger partial charge in [0.25, 0.3) is 0 Å². The second kappa shape index (κ2) is 6.83. The first-order valence-corrected chi connectivity index (χ1v) is 9.49. The van der Waals surface area contributed by atoms with Crippen LogP contribution in [-0.2, 0) is 9.09 Å². The van der Waals surface area contributed by atoms with Gasteiger partial charge in [-0.3, -0.25) is 4.57 Å². The molecule has 0 N–H and O–H groups in total. The van der Waals surface area contributed by atoms with Gasteiger partial charge in [-0.05, 0) is 25.7 Å². The fraction of sp³-hybridized carbons (Fsp3) is 1.00. The van der Waals surface area contributed by atoms with Gasteiger partial charge >= 0.3 is 6.18 Å². The lowest BCUT2D eigenvalue weighted by Crippen LogP contribution is -2.27. The molecule has 6 heteroatoms. The molecule has 0 aliphatic heterocycles. The van der Waals surface area contributed by atoms with Crippen molar-refractivity contribution in [2.75, 3.05) is 6.61 Å². The van der Waals surface area contributed by atoms with Crippen molar-refractivity contribution in [1.29, 1.82) is 0 Å². The van der Waals surface area contributed by atoms with Gasteiger partial charge in [0.2, 0.25) is 7.37 Å². The quantitative estimate of drug-likeness (QED) is 0.640. The smallest absolute Gasteiger partial charge is 0.319 e. The molecule has 0 radical (unpaired) electrons. The Morgan fingerprint density at radius 2 is 1.25 bits per heavy atom. The third kappa shape index (κ3) is 4.24. The first-order valence-electron chi connectivity index (χ1n) is 7.72. The van der Waals surface area contributed by atoms with E-state index < -0.39 is 20.2 Å². The third-order valence-electron chi connectivity index (χ3n) is 4.60. The van der Waals surface area contributed by atoms with Crippen LogP contribution in [0.1, 0.15) is 64.2 Å². The van der Waals surface area contributed by atoms with Crippen LogP contribution in [0, 0.1) is 0 Å². The summed E-state index contributed by atoms with van der Waals surface area (Å²) in [5.74, 6) is 0. The van der Waals surface area contributed by atoms with E-state index in [9.17, 15) is 17.7 Å². The summed E-state index contributed by atoms with van der Waals surface area (Å²) in [6.07, 6.45) is 4.76. The number of hydrogen-bond acceptors (Lipinski definition) is 2. The summed E-state index contributed by atoms with van der Waals surface area (Å²) in [7, 11) is -3.19. The molecule has 20 heavy (non-hydrogen) atoms. The van der Waals surface area contributed by atoms with Crippen LogP contribution in [0.15, 0.2) is 0 Å². The van der Waals surface area contributed by atoms with Gasteiger partial charge in [-0.2, -0.15) is 13.2 Å². The Hall–Kier alpha value is -0.0200. The highest BCUT2D eigenvalue weighted by atomic mass is 31.2. The Morgan fingerprint density at radius 3 is 1.60 bits per heavy atom. The van der Waals surface area contributed by atoms with Gasteiger partial charge in [-0.1, -0.05) is 38.5 Å². The normalized spacial score (nSPS) is 23.9. The van der Waals surface area contributed by atoms with Crippen LogP contribution in [0.25, 0.3) is 0 Å². The molecule has 2 aliphatic rings. The summed E-state index contributed by atoms with van der Waals surface area (Å²) in [6.45, 7) is -1.35. The zero-order valence-corrected chi connectivity index (χ0v) is 12.7. The van der Waals surface area contributed by atoms with Gasteiger partial charge in [0.15, 0.2) is 0 Å². The summed E-state index contributed by atoms with van der Waals surface area (Å²) in [5, 5.41) is 0. The highest BCUT2D eigenvalue weighted by Gasteiger charge is 2.44. The summed E-state index contributed by atoms with van der Waals surface area (Å²) in [4.78, 5) is 0. The highest BCUT2D eigenvalue weighted by molar-refractivity contribution is 7.60. The molecule has 0 unspecified atom stereocenters. The number of hydrogen-bond donors (Lipinski definition) is 0. The van der Waals surface area contributed by atoms with Gasteiger partial charge in [-0.15, -0.1) is 0 Å². The molecule has 2 fully saturated rings. The molecule has 0 saturated heterocycles. The molecule has 2 saturated carbocycles. The zero-order valence-electron chi connectivity index (χ0n) is 11.8. The summed E-state index contributed by atoms with van der Waals surface area (Å²) >= 11 is 0. The maximum atomic E-state index is 13.2. The molecule has 2 aliphatic carbocycles. The molecule has 0 spiro atoms. The average molecular weight is 312 g/mol. The predicted molar refractivity (Wildman–Crippen MR) is 73.4 cm³/mol. The van der Waals surface area contributed by atoms with Crippen molar-refractivity contribution in [1.82, 2.24) is 0 Å². The second-order valence-corrected chi connectivity index (χ2v) is 9.13. The first-order chi connectivity index (χ1) is 9.42. The molecular formula is C14H24F3O2P. The SMILES string of the molecule is O=P(OCC(F)(F)F)(C1CCCCC1)C1CCCCC1. The molecule has 0 heterocycles. The van der Waals surface area contributed by atoms with E-state index in [0.717, 1.165) is 64.2 Å². The second-order valence-electron chi connectivity index (χ2n) is 6.12. The number of halogens is 3. The van der Waals surface area contributed by atoms with E-state index in [4.69, 9.17) is 4.52 Å². The van der Waals surface area contributed by atoms with Crippen LogP contribution in [0.3, 0.4) is 0 Å². The molecule has 0 bridgehead atoms. The van der Waals surface area contributed by atoms with E-state index in [1.165, 1.54) is 0 Å². The van der Waals surface area contributed by atoms with Crippen molar-refractivity contribution in [3.63, 3.8) is 0 Å². The molecule has 0 atom stereocenters. The van der Waals surface area contributed by atoms with Crippen LogP contribution in [0.4, 0.5) is 13.2 Å². The van der Waals surface area contributed by atoms with Crippen molar-refractivity contribution in [2.24, 2.45) is 0 Å². The van der Waals surface area contributed by atoms with E-state index in [0.29, 0.717) is 0 Å². The van der Waals surface area contributed by atoms with Crippen LogP contribution in [0.5, 0.6) is 0 Å². The lowest BCUT2D eigenvalue weighted by atomic mass is 10.00. The predicted octanol–water partition coefficient (Wildman–Crippen LogP) is 5.51. The Bertz CT molecular complexity index is 323. The van der Waals surface area contributed by atoms with E-state index in [2.05, 4.69) is 0 Å². The van der Waals surface area contributed by atoms with E-state index in [-0.39, 0.29) is 11.3 Å². The maximum absolute atomic E-state index is 13.2. The largest absolute Gasteiger partial charge is 0.412 e. The highest BCUT2D eigenvalue weighted by Crippen LogP contribution is 2.63. The summed E-state index contributed by atoms with van der Waals surface area (Å²) < 4.78 is 55.8. The molecule has 2 nitrogen and oxygen atoms in total. The minimum absolute atomic E-state index is 0.137. The number of alkyl halides is 3. The Morgan fingerprint density at radius 1 is 0.850 bits per heavy atom. The van der Waals surface area contributed by atoms with E-state index in [1.807, 2.05) is 0 Å². The van der Waals surface area contributed by atoms with Crippen molar-refractivity contribution >= 4 is 7.37 Å². The average Bonchev–Trinajstić information content (AvgIpc) is 2.46. The Labute approximate surface area is 118 Å². The lowest BCUT2D eigenvalue weighted by molar-refractivity contribution is -0.153. The van der Waals surface area contributed by atoms with E-state index >= 15 is 0 Å². The maximum Gasteiger partial charge on any atom is 0.412 e. The topological polar surface area (TPSA) is 26.3 Å². The summed E-state index contributed by atoms with van der Waals surface area (Å²) in [6, 6.07) is 0. The minimum Gasteiger partial charge on any atom is -0.319 e. The third-order valence-corrected chi connectivity index (χ3v) is 8.20. The Balaban J connectivity index is 2.10. The van der Waals surface area contributed by atoms with Crippen molar-refractivity contribution in [2.45, 2.75) is 81.7 Å². The fourth-order valence-corrected chi connectivity index (χ4v) is 7.10. The van der Waals surface area contributed by atoms with Crippen LogP contribution in [-0.4, -0.2) is 24.1 Å². The zero-order chi connectivity index (χ0) is 14.6. The molecule has 0 aromatic carbocycles. The van der Waals surface area contributed by atoms with Gasteiger partial charge in [0.1, 0.15) is 6.61 Å². The molecule has 118 valence electrons. The molecule has 0 aromatic heterocycles. The fourth-order valence-electron chi connectivity index (χ4n) is 3.56. The summed E-state index contributed by atoms with van der Waals surface area (Å²) in [5.41, 5.74) is -0.275. The molecule has 0 aromatic rings. The minimum atomic E-state index is -4.39. The molecular weight excluding hydrogens is 288 g/mol. The van der Waals surface area contributed by atoms with Crippen molar-refractivity contribution < 1.29 is 22.3 Å². The van der Waals surface area contributed by atoms with Gasteiger partial charge in [0.05, 0.1) is 0 Å².